The van der Waals surface area contributed by atoms with Crippen LogP contribution < -0.4 is 11.5 Å². The van der Waals surface area contributed by atoms with Crippen molar-refractivity contribution in [3.63, 3.8) is 0 Å². The molecular formula is C25H22N6O8S3. The highest BCUT2D eigenvalue weighted by Crippen LogP contribution is 2.44. The molecule has 0 aromatic heterocycles. The molecule has 0 heterocycles. The van der Waals surface area contributed by atoms with Gasteiger partial charge in [-0.1, -0.05) is 30.3 Å². The van der Waals surface area contributed by atoms with E-state index in [0.717, 1.165) is 30.5 Å². The third kappa shape index (κ3) is 6.28. The molecule has 0 amide bonds. The minimum atomic E-state index is -4.97. The highest BCUT2D eigenvalue weighted by Gasteiger charge is 2.24. The lowest BCUT2D eigenvalue weighted by Gasteiger charge is -2.11. The second kappa shape index (κ2) is 11.3. The van der Waals surface area contributed by atoms with Crippen LogP contribution in [0.3, 0.4) is 0 Å². The van der Waals surface area contributed by atoms with E-state index in [2.05, 4.69) is 20.5 Å². The summed E-state index contributed by atoms with van der Waals surface area (Å²) in [5.41, 5.74) is 9.76. The number of hydrogen-bond donors (Lipinski definition) is 4. The Balaban J connectivity index is 1.86. The minimum absolute atomic E-state index is 0.00839. The van der Waals surface area contributed by atoms with Gasteiger partial charge in [-0.15, -0.1) is 20.5 Å². The molecule has 0 radical (unpaired) electrons. The van der Waals surface area contributed by atoms with Crippen molar-refractivity contribution >= 4 is 63.9 Å². The van der Waals surface area contributed by atoms with E-state index in [9.17, 15) is 34.9 Å². The molecule has 0 unspecified atom stereocenters. The second-order valence-corrected chi connectivity index (χ2v) is 14.0. The van der Waals surface area contributed by atoms with Crippen molar-refractivity contribution in [2.75, 3.05) is 17.7 Å². The van der Waals surface area contributed by atoms with Gasteiger partial charge in [0.1, 0.15) is 33.4 Å². The molecule has 4 aromatic carbocycles. The van der Waals surface area contributed by atoms with Gasteiger partial charge < -0.3 is 16.6 Å². The van der Waals surface area contributed by atoms with Crippen molar-refractivity contribution in [3.05, 3.63) is 78.9 Å². The zero-order valence-corrected chi connectivity index (χ0v) is 24.0. The molecule has 17 heteroatoms. The topological polar surface area (TPSA) is 244 Å². The summed E-state index contributed by atoms with van der Waals surface area (Å²) in [5, 5.41) is 25.5. The lowest BCUT2D eigenvalue weighted by atomic mass is 10.2. The number of nitrogens with two attached hydrogens (primary N) is 2. The number of phenols is 1. The molecule has 14 nitrogen and oxygen atoms in total. The predicted molar refractivity (Wildman–Crippen MR) is 153 cm³/mol. The summed E-state index contributed by atoms with van der Waals surface area (Å²) >= 11 is 0. The SMILES string of the molecule is CS(=O)(=O)c1ccc(O)c(N=Nc2cc(S(=O)(=O)O)c(N)c(N=Nc3ccccc3S(=O)(=O)c3ccccc3)c2N)c1. The normalized spacial score (nSPS) is 12.7. The number of sulfone groups is 2. The molecule has 0 saturated carbocycles. The first kappa shape index (κ1) is 30.3. The molecule has 42 heavy (non-hydrogen) atoms. The molecule has 0 aliphatic heterocycles. The van der Waals surface area contributed by atoms with Crippen molar-refractivity contribution in [2.24, 2.45) is 20.5 Å². The molecule has 0 aliphatic rings. The predicted octanol–water partition coefficient (Wildman–Crippen LogP) is 4.87. The smallest absolute Gasteiger partial charge is 0.296 e. The Morgan fingerprint density at radius 1 is 0.619 bits per heavy atom. The van der Waals surface area contributed by atoms with E-state index in [1.165, 1.54) is 36.4 Å². The number of benzene rings is 4. The van der Waals surface area contributed by atoms with Crippen LogP contribution >= 0.6 is 0 Å². The third-order valence-electron chi connectivity index (χ3n) is 5.70. The van der Waals surface area contributed by atoms with Crippen molar-refractivity contribution in [1.29, 1.82) is 0 Å². The summed E-state index contributed by atoms with van der Waals surface area (Å²) in [6, 6.07) is 17.2. The van der Waals surface area contributed by atoms with Crippen LogP contribution in [-0.4, -0.2) is 41.2 Å². The summed E-state index contributed by atoms with van der Waals surface area (Å²) in [6.07, 6.45) is 0.942. The number of nitrogens with zero attached hydrogens (tertiary/aromatic N) is 4. The van der Waals surface area contributed by atoms with Gasteiger partial charge in [0.15, 0.2) is 9.84 Å². The summed E-state index contributed by atoms with van der Waals surface area (Å²) in [7, 11) is -12.7. The lowest BCUT2D eigenvalue weighted by Crippen LogP contribution is -2.05. The van der Waals surface area contributed by atoms with E-state index in [0.29, 0.717) is 0 Å². The molecule has 0 bridgehead atoms. The van der Waals surface area contributed by atoms with E-state index in [4.69, 9.17) is 11.5 Å². The van der Waals surface area contributed by atoms with Crippen molar-refractivity contribution in [1.82, 2.24) is 0 Å². The molecule has 0 atom stereocenters. The van der Waals surface area contributed by atoms with Gasteiger partial charge in [-0.25, -0.2) is 16.8 Å². The molecule has 0 fully saturated rings. The quantitative estimate of drug-likeness (QED) is 0.117. The molecule has 0 aliphatic carbocycles. The van der Waals surface area contributed by atoms with Crippen molar-refractivity contribution in [2.45, 2.75) is 19.6 Å². The Labute approximate surface area is 240 Å². The number of anilines is 2. The Kier molecular flexibility index (Phi) is 8.13. The van der Waals surface area contributed by atoms with Crippen LogP contribution in [0.4, 0.5) is 34.1 Å². The first-order valence-electron chi connectivity index (χ1n) is 11.6. The van der Waals surface area contributed by atoms with Crippen molar-refractivity contribution < 1.29 is 34.9 Å². The van der Waals surface area contributed by atoms with E-state index in [1.807, 2.05) is 0 Å². The van der Waals surface area contributed by atoms with Gasteiger partial charge in [-0.2, -0.15) is 8.42 Å². The fourth-order valence-electron chi connectivity index (χ4n) is 3.59. The summed E-state index contributed by atoms with van der Waals surface area (Å²) < 4.78 is 84.1. The minimum Gasteiger partial charge on any atom is -0.506 e. The lowest BCUT2D eigenvalue weighted by molar-refractivity contribution is 0.475. The van der Waals surface area contributed by atoms with Gasteiger partial charge in [-0.3, -0.25) is 4.55 Å². The third-order valence-corrected chi connectivity index (χ3v) is 9.52. The van der Waals surface area contributed by atoms with Crippen LogP contribution in [0.2, 0.25) is 0 Å². The summed E-state index contributed by atoms with van der Waals surface area (Å²) in [6.45, 7) is 0. The van der Waals surface area contributed by atoms with Crippen LogP contribution in [0, 0.1) is 0 Å². The number of aromatic hydroxyl groups is 1. The van der Waals surface area contributed by atoms with E-state index < -0.39 is 57.5 Å². The zero-order valence-electron chi connectivity index (χ0n) is 21.5. The van der Waals surface area contributed by atoms with Crippen LogP contribution in [0.5, 0.6) is 5.75 Å². The average Bonchev–Trinajstić information content (AvgIpc) is 2.92. The maximum absolute atomic E-state index is 13.2. The van der Waals surface area contributed by atoms with E-state index >= 15 is 0 Å². The molecule has 4 aromatic rings. The summed E-state index contributed by atoms with van der Waals surface area (Å²) in [4.78, 5) is -1.27. The maximum atomic E-state index is 13.2. The monoisotopic (exact) mass is 630 g/mol. The second-order valence-electron chi connectivity index (χ2n) is 8.65. The van der Waals surface area contributed by atoms with Gasteiger partial charge in [-0.05, 0) is 48.5 Å². The van der Waals surface area contributed by atoms with Crippen LogP contribution in [0.15, 0.2) is 119 Å². The average molecular weight is 631 g/mol. The highest BCUT2D eigenvalue weighted by atomic mass is 32.2. The van der Waals surface area contributed by atoms with E-state index in [1.54, 1.807) is 18.2 Å². The zero-order chi connectivity index (χ0) is 30.9. The first-order valence-corrected chi connectivity index (χ1v) is 16.4. The Morgan fingerprint density at radius 3 is 1.86 bits per heavy atom. The largest absolute Gasteiger partial charge is 0.506 e. The molecule has 4 rings (SSSR count). The van der Waals surface area contributed by atoms with Crippen molar-refractivity contribution in [3.8, 4) is 5.75 Å². The molecule has 6 N–H and O–H groups in total. The number of nitrogen functional groups attached to an aromatic ring is 2. The van der Waals surface area contributed by atoms with Gasteiger partial charge in [0.2, 0.25) is 9.84 Å². The number of rotatable bonds is 8. The van der Waals surface area contributed by atoms with Gasteiger partial charge >= 0.3 is 0 Å². The Hall–Kier alpha value is -4.71. The molecular weight excluding hydrogens is 609 g/mol. The molecule has 0 saturated heterocycles. The standard InChI is InChI=1S/C25H22N6O8S3/c1-40(33,34)16-11-12-20(32)18(13-16)29-30-19-14-22(42(37,38)39)24(27)25(23(19)26)31-28-17-9-5-6-10-21(17)41(35,36)15-7-3-2-4-8-15/h2-14,32H,26-27H2,1H3,(H,37,38,39). The number of hydrogen-bond acceptors (Lipinski definition) is 13. The van der Waals surface area contributed by atoms with Gasteiger partial charge in [0.25, 0.3) is 10.1 Å². The van der Waals surface area contributed by atoms with Crippen LogP contribution in [0.1, 0.15) is 0 Å². The maximum Gasteiger partial charge on any atom is 0.296 e. The number of phenolic OH excluding ortho intramolecular Hbond substituents is 1. The Bertz CT molecular complexity index is 2080. The van der Waals surface area contributed by atoms with Crippen LogP contribution in [-0.2, 0) is 29.8 Å². The first-order chi connectivity index (χ1) is 19.6. The fourth-order valence-corrected chi connectivity index (χ4v) is 6.27. The molecule has 0 spiro atoms. The number of azo groups is 2. The van der Waals surface area contributed by atoms with E-state index in [-0.39, 0.29) is 31.7 Å². The van der Waals surface area contributed by atoms with Gasteiger partial charge in [0, 0.05) is 6.26 Å². The summed E-state index contributed by atoms with van der Waals surface area (Å²) in [5.74, 6) is -0.452. The fraction of sp³-hybridized carbons (Fsp3) is 0.0400. The molecule has 218 valence electrons. The highest BCUT2D eigenvalue weighted by molar-refractivity contribution is 7.91. The van der Waals surface area contributed by atoms with Crippen LogP contribution in [0.25, 0.3) is 0 Å². The van der Waals surface area contributed by atoms with Gasteiger partial charge in [0.05, 0.1) is 26.1 Å². The Morgan fingerprint density at radius 2 is 1.21 bits per heavy atom.